The number of esters is 1. The molecule has 3 aromatic carbocycles. The quantitative estimate of drug-likeness (QED) is 0.117. The van der Waals surface area contributed by atoms with Crippen LogP contribution in [0.1, 0.15) is 28.4 Å². The van der Waals surface area contributed by atoms with Gasteiger partial charge in [0, 0.05) is 19.2 Å². The van der Waals surface area contributed by atoms with Crippen LogP contribution in [0.2, 0.25) is 0 Å². The lowest BCUT2D eigenvalue weighted by Crippen LogP contribution is -2.23. The second kappa shape index (κ2) is 12.8. The van der Waals surface area contributed by atoms with Crippen LogP contribution in [-0.2, 0) is 16.1 Å². The fraction of sp³-hybridized carbons (Fsp3) is 0.179. The summed E-state index contributed by atoms with van der Waals surface area (Å²) in [6.45, 7) is 2.13. The average molecular weight is 626 g/mol. The monoisotopic (exact) mass is 625 g/mol. The summed E-state index contributed by atoms with van der Waals surface area (Å²) in [5.74, 6) is 0.225. The van der Waals surface area contributed by atoms with Crippen LogP contribution in [0.15, 0.2) is 75.0 Å². The van der Waals surface area contributed by atoms with E-state index in [4.69, 9.17) is 14.2 Å². The van der Waals surface area contributed by atoms with Gasteiger partial charge in [-0.3, -0.25) is 19.8 Å². The summed E-state index contributed by atoms with van der Waals surface area (Å²) in [4.78, 5) is 41.9. The van der Waals surface area contributed by atoms with Crippen molar-refractivity contribution < 1.29 is 28.7 Å². The van der Waals surface area contributed by atoms with Crippen molar-refractivity contribution in [1.82, 2.24) is 4.90 Å². The minimum atomic E-state index is -0.458. The molecule has 1 saturated heterocycles. The predicted octanol–water partition coefficient (Wildman–Crippen LogP) is 6.36. The van der Waals surface area contributed by atoms with Gasteiger partial charge in [-0.2, -0.15) is 0 Å². The number of halogens is 1. The minimum Gasteiger partial charge on any atom is -0.493 e. The van der Waals surface area contributed by atoms with Crippen molar-refractivity contribution in [1.29, 1.82) is 0 Å². The van der Waals surface area contributed by atoms with Crippen molar-refractivity contribution in [3.8, 4) is 11.5 Å². The summed E-state index contributed by atoms with van der Waals surface area (Å²) in [7, 11) is 3.14. The second-order valence-electron chi connectivity index (χ2n) is 8.39. The van der Waals surface area contributed by atoms with Crippen LogP contribution < -0.4 is 9.47 Å². The summed E-state index contributed by atoms with van der Waals surface area (Å²) in [6, 6.07) is 16.4. The van der Waals surface area contributed by atoms with Gasteiger partial charge in [0.1, 0.15) is 6.61 Å². The molecule has 1 amide bonds. The lowest BCUT2D eigenvalue weighted by atomic mass is 10.1. The maximum Gasteiger partial charge on any atom is 0.338 e. The molecule has 0 atom stereocenters. The Morgan fingerprint density at radius 3 is 2.60 bits per heavy atom. The van der Waals surface area contributed by atoms with Crippen LogP contribution in [0.25, 0.3) is 6.08 Å². The molecular formula is C28H24BrN3O7S. The van der Waals surface area contributed by atoms with E-state index in [2.05, 4.69) is 20.9 Å². The lowest BCUT2D eigenvalue weighted by molar-refractivity contribution is -0.384. The lowest BCUT2D eigenvalue weighted by Gasteiger charge is -2.14. The Balaban J connectivity index is 1.52. The number of ether oxygens (including phenoxy) is 3. The zero-order valence-electron chi connectivity index (χ0n) is 21.8. The number of likely N-dealkylation sites (N-methyl/N-ethyl adjacent to an activating group) is 1. The number of thioether (sulfide) groups is 1. The highest BCUT2D eigenvalue weighted by Gasteiger charge is 2.30. The van der Waals surface area contributed by atoms with E-state index < -0.39 is 10.9 Å². The van der Waals surface area contributed by atoms with Crippen molar-refractivity contribution in [2.75, 3.05) is 20.8 Å². The Morgan fingerprint density at radius 1 is 1.18 bits per heavy atom. The molecule has 0 unspecified atom stereocenters. The molecule has 1 heterocycles. The molecule has 0 spiro atoms. The summed E-state index contributed by atoms with van der Waals surface area (Å²) in [5.41, 5.74) is 2.32. The molecule has 10 nitrogen and oxygen atoms in total. The molecule has 1 fully saturated rings. The van der Waals surface area contributed by atoms with Gasteiger partial charge in [-0.25, -0.2) is 9.79 Å². The molecule has 0 bridgehead atoms. The zero-order chi connectivity index (χ0) is 28.8. The number of aliphatic imine (C=N–C) groups is 1. The molecule has 1 aliphatic rings. The number of amides is 1. The van der Waals surface area contributed by atoms with E-state index in [-0.39, 0.29) is 18.2 Å². The molecule has 4 rings (SSSR count). The standard InChI is InChI=1S/C28H24BrN3O7S/c1-4-38-27(34)19-8-10-20(11-9-19)30-28-31(2)26(33)24(40-28)15-18-13-22(29)25(23(14-18)37-3)39-16-17-6-5-7-21(12-17)32(35)36/h5-15H,4,16H2,1-3H3/b24-15-,30-28?. The van der Waals surface area contributed by atoms with Crippen molar-refractivity contribution >= 4 is 62.2 Å². The number of carbonyl (C=O) groups excluding carboxylic acids is 2. The SMILES string of the molecule is CCOC(=O)c1ccc(N=C2S/C(=C\c3cc(Br)c(OCc4cccc([N+](=O)[O-])c4)c(OC)c3)C(=O)N2C)cc1. The number of rotatable bonds is 9. The van der Waals surface area contributed by atoms with E-state index in [9.17, 15) is 19.7 Å². The van der Waals surface area contributed by atoms with Crippen LogP contribution in [0.3, 0.4) is 0 Å². The molecule has 0 radical (unpaired) electrons. The van der Waals surface area contributed by atoms with Gasteiger partial charge in [-0.1, -0.05) is 12.1 Å². The molecular weight excluding hydrogens is 602 g/mol. The molecule has 0 N–H and O–H groups in total. The highest BCUT2D eigenvalue weighted by Crippen LogP contribution is 2.39. The number of hydrogen-bond acceptors (Lipinski definition) is 9. The van der Waals surface area contributed by atoms with Gasteiger partial charge in [-0.15, -0.1) is 0 Å². The highest BCUT2D eigenvalue weighted by atomic mass is 79.9. The summed E-state index contributed by atoms with van der Waals surface area (Å²) in [5, 5.41) is 11.5. The Hall–Kier alpha value is -4.16. The van der Waals surface area contributed by atoms with Gasteiger partial charge >= 0.3 is 5.97 Å². The third-order valence-corrected chi connectivity index (χ3v) is 7.31. The molecule has 3 aromatic rings. The molecule has 0 aliphatic carbocycles. The summed E-state index contributed by atoms with van der Waals surface area (Å²) < 4.78 is 17.0. The number of methoxy groups -OCH3 is 1. The number of benzene rings is 3. The minimum absolute atomic E-state index is 0.0191. The van der Waals surface area contributed by atoms with Crippen LogP contribution in [0.5, 0.6) is 11.5 Å². The van der Waals surface area contributed by atoms with E-state index >= 15 is 0 Å². The summed E-state index contributed by atoms with van der Waals surface area (Å²) in [6.07, 6.45) is 1.73. The largest absolute Gasteiger partial charge is 0.493 e. The van der Waals surface area contributed by atoms with E-state index in [1.807, 2.05) is 0 Å². The second-order valence-corrected chi connectivity index (χ2v) is 10.2. The van der Waals surface area contributed by atoms with Crippen molar-refractivity contribution in [3.05, 3.63) is 96.8 Å². The van der Waals surface area contributed by atoms with E-state index in [0.29, 0.717) is 55.0 Å². The van der Waals surface area contributed by atoms with Crippen molar-refractivity contribution in [2.45, 2.75) is 13.5 Å². The van der Waals surface area contributed by atoms with Crippen LogP contribution in [0, 0.1) is 10.1 Å². The number of non-ortho nitro benzene ring substituents is 1. The van der Waals surface area contributed by atoms with Gasteiger partial charge in [0.05, 0.1) is 39.3 Å². The number of nitrogens with zero attached hydrogens (tertiary/aromatic N) is 3. The fourth-order valence-corrected chi connectivity index (χ4v) is 5.24. The number of carbonyl (C=O) groups is 2. The average Bonchev–Trinajstić information content (AvgIpc) is 3.20. The predicted molar refractivity (Wildman–Crippen MR) is 156 cm³/mol. The normalized spacial score (nSPS) is 15.0. The maximum absolute atomic E-state index is 12.9. The molecule has 0 saturated carbocycles. The Kier molecular flexibility index (Phi) is 9.22. The maximum atomic E-state index is 12.9. The number of amidine groups is 1. The molecule has 1 aliphatic heterocycles. The first-order chi connectivity index (χ1) is 19.2. The third-order valence-electron chi connectivity index (χ3n) is 5.66. The molecule has 0 aromatic heterocycles. The summed E-state index contributed by atoms with van der Waals surface area (Å²) >= 11 is 4.73. The fourth-order valence-electron chi connectivity index (χ4n) is 3.68. The first-order valence-corrected chi connectivity index (χ1v) is 13.6. The Morgan fingerprint density at radius 2 is 1.93 bits per heavy atom. The van der Waals surface area contributed by atoms with E-state index in [1.165, 1.54) is 35.9 Å². The smallest absolute Gasteiger partial charge is 0.338 e. The van der Waals surface area contributed by atoms with Gasteiger partial charge in [0.25, 0.3) is 11.6 Å². The van der Waals surface area contributed by atoms with Crippen molar-refractivity contribution in [2.24, 2.45) is 4.99 Å². The van der Waals surface area contributed by atoms with E-state index in [1.54, 1.807) is 68.6 Å². The number of nitro groups is 1. The van der Waals surface area contributed by atoms with E-state index in [0.717, 1.165) is 0 Å². The number of hydrogen-bond donors (Lipinski definition) is 0. The molecule has 206 valence electrons. The van der Waals surface area contributed by atoms with Gasteiger partial charge in [-0.05, 0) is 88.2 Å². The highest BCUT2D eigenvalue weighted by molar-refractivity contribution is 9.10. The first-order valence-electron chi connectivity index (χ1n) is 12.0. The Bertz CT molecular complexity index is 1520. The zero-order valence-corrected chi connectivity index (χ0v) is 24.2. The topological polar surface area (TPSA) is 121 Å². The first kappa shape index (κ1) is 28.8. The van der Waals surface area contributed by atoms with Gasteiger partial charge < -0.3 is 14.2 Å². The van der Waals surface area contributed by atoms with Crippen LogP contribution in [0.4, 0.5) is 11.4 Å². The molecule has 40 heavy (non-hydrogen) atoms. The number of nitro benzene ring substituents is 1. The molecule has 12 heteroatoms. The van der Waals surface area contributed by atoms with Crippen LogP contribution >= 0.6 is 27.7 Å². The van der Waals surface area contributed by atoms with Gasteiger partial charge in [0.2, 0.25) is 0 Å². The van der Waals surface area contributed by atoms with Crippen molar-refractivity contribution in [3.63, 3.8) is 0 Å². The van der Waals surface area contributed by atoms with Crippen LogP contribution in [-0.4, -0.2) is 47.6 Å². The van der Waals surface area contributed by atoms with Gasteiger partial charge in [0.15, 0.2) is 16.7 Å². The third kappa shape index (κ3) is 6.69. The Labute approximate surface area is 242 Å².